The molecule has 112 valence electrons. The van der Waals surface area contributed by atoms with Crippen LogP contribution < -0.4 is 0 Å². The molecule has 0 spiro atoms. The molecule has 0 radical (unpaired) electrons. The Bertz CT molecular complexity index is 631. The Morgan fingerprint density at radius 1 is 1.29 bits per heavy atom. The van der Waals surface area contributed by atoms with Gasteiger partial charge in [0, 0.05) is 34.7 Å². The maximum absolute atomic E-state index is 4.78. The molecule has 0 bridgehead atoms. The fraction of sp³-hybridized carbons (Fsp3) is 0.500. The van der Waals surface area contributed by atoms with Gasteiger partial charge in [-0.05, 0) is 45.1 Å². The number of nitrogens with one attached hydrogen (secondary N) is 1. The number of rotatable bonds is 3. The number of para-hydroxylation sites is 1. The molecule has 1 aromatic carbocycles. The molecule has 1 aliphatic rings. The van der Waals surface area contributed by atoms with Crippen LogP contribution in [0.4, 0.5) is 0 Å². The van der Waals surface area contributed by atoms with Gasteiger partial charge in [0.1, 0.15) is 0 Å². The first kappa shape index (κ1) is 14.2. The number of aryl methyl sites for hydroxylation is 1. The lowest BCUT2D eigenvalue weighted by molar-refractivity contribution is 0.109. The minimum atomic E-state index is 0.543. The summed E-state index contributed by atoms with van der Waals surface area (Å²) < 4.78 is 0. The predicted octanol–water partition coefficient (Wildman–Crippen LogP) is 4.33. The number of H-pyrrole nitrogens is 1. The van der Waals surface area contributed by atoms with E-state index in [9.17, 15) is 0 Å². The van der Waals surface area contributed by atoms with Crippen molar-refractivity contribution in [1.82, 2.24) is 9.99 Å². The van der Waals surface area contributed by atoms with Crippen molar-refractivity contribution in [3.8, 4) is 0 Å². The van der Waals surface area contributed by atoms with Gasteiger partial charge in [-0.3, -0.25) is 5.01 Å². The summed E-state index contributed by atoms with van der Waals surface area (Å²) >= 11 is 0. The third-order valence-electron chi connectivity index (χ3n) is 4.69. The first-order valence-electron chi connectivity index (χ1n) is 8.12. The van der Waals surface area contributed by atoms with Gasteiger partial charge in [-0.15, -0.1) is 0 Å². The Kier molecular flexibility index (Phi) is 4.00. The molecule has 3 rings (SSSR count). The number of hydrogen-bond donors (Lipinski definition) is 1. The van der Waals surface area contributed by atoms with Crippen molar-refractivity contribution in [1.29, 1.82) is 0 Å². The highest BCUT2D eigenvalue weighted by Crippen LogP contribution is 2.24. The van der Waals surface area contributed by atoms with Crippen LogP contribution >= 0.6 is 0 Å². The standard InChI is InChI=1S/C18H25N3/c1-4-15-9-6-10-17-16(11-19-18(15)17)12-20-21-13(2)7-5-8-14(21)3/h6,9-14,19H,4-5,7-8H2,1-3H3/b20-12+/t13-,14+. The first-order valence-corrected chi connectivity index (χ1v) is 8.12. The summed E-state index contributed by atoms with van der Waals surface area (Å²) in [5.74, 6) is 0. The fourth-order valence-electron chi connectivity index (χ4n) is 3.40. The lowest BCUT2D eigenvalue weighted by atomic mass is 10.00. The largest absolute Gasteiger partial charge is 0.360 e. The maximum Gasteiger partial charge on any atom is 0.0564 e. The first-order chi connectivity index (χ1) is 10.2. The number of nitrogens with zero attached hydrogens (tertiary/aromatic N) is 2. The van der Waals surface area contributed by atoms with E-state index < -0.39 is 0 Å². The summed E-state index contributed by atoms with van der Waals surface area (Å²) in [5, 5.41) is 8.33. The molecule has 2 heterocycles. The third kappa shape index (κ3) is 2.69. The van der Waals surface area contributed by atoms with Gasteiger partial charge in [0.15, 0.2) is 0 Å². The summed E-state index contributed by atoms with van der Waals surface area (Å²) in [6, 6.07) is 7.59. The molecule has 1 aromatic heterocycles. The second-order valence-electron chi connectivity index (χ2n) is 6.19. The molecule has 0 aliphatic carbocycles. The van der Waals surface area contributed by atoms with Gasteiger partial charge in [0.05, 0.1) is 6.21 Å². The minimum Gasteiger partial charge on any atom is -0.360 e. The molecule has 2 aromatic rings. The molecule has 2 atom stereocenters. The van der Waals surface area contributed by atoms with E-state index in [1.165, 1.54) is 41.3 Å². The Morgan fingerprint density at radius 3 is 2.76 bits per heavy atom. The molecule has 1 saturated heterocycles. The number of benzene rings is 1. The maximum atomic E-state index is 4.78. The van der Waals surface area contributed by atoms with Crippen LogP contribution in [0.2, 0.25) is 0 Å². The zero-order chi connectivity index (χ0) is 14.8. The van der Waals surface area contributed by atoms with Gasteiger partial charge in [0.2, 0.25) is 0 Å². The van der Waals surface area contributed by atoms with Crippen LogP contribution in [0, 0.1) is 0 Å². The number of aromatic amines is 1. The van der Waals surface area contributed by atoms with E-state index in [1.807, 2.05) is 6.21 Å². The summed E-state index contributed by atoms with van der Waals surface area (Å²) in [6.07, 6.45) is 8.96. The summed E-state index contributed by atoms with van der Waals surface area (Å²) in [7, 11) is 0. The van der Waals surface area contributed by atoms with E-state index in [0.29, 0.717) is 12.1 Å². The Labute approximate surface area is 127 Å². The lowest BCUT2D eigenvalue weighted by Crippen LogP contribution is -2.39. The molecule has 21 heavy (non-hydrogen) atoms. The van der Waals surface area contributed by atoms with Gasteiger partial charge in [-0.1, -0.05) is 25.1 Å². The highest BCUT2D eigenvalue weighted by molar-refractivity contribution is 6.00. The number of fused-ring (bicyclic) bond motifs is 1. The lowest BCUT2D eigenvalue weighted by Gasteiger charge is -2.36. The van der Waals surface area contributed by atoms with Crippen molar-refractivity contribution < 1.29 is 0 Å². The van der Waals surface area contributed by atoms with E-state index in [1.54, 1.807) is 0 Å². The molecule has 1 fully saturated rings. The molecule has 0 saturated carbocycles. The Balaban J connectivity index is 1.89. The zero-order valence-corrected chi connectivity index (χ0v) is 13.3. The van der Waals surface area contributed by atoms with E-state index >= 15 is 0 Å². The van der Waals surface area contributed by atoms with Crippen LogP contribution in [0.3, 0.4) is 0 Å². The quantitative estimate of drug-likeness (QED) is 0.835. The van der Waals surface area contributed by atoms with E-state index in [4.69, 9.17) is 5.10 Å². The zero-order valence-electron chi connectivity index (χ0n) is 13.3. The fourth-order valence-corrected chi connectivity index (χ4v) is 3.40. The van der Waals surface area contributed by atoms with Crippen molar-refractivity contribution >= 4 is 17.1 Å². The highest BCUT2D eigenvalue weighted by Gasteiger charge is 2.22. The van der Waals surface area contributed by atoms with Gasteiger partial charge < -0.3 is 4.98 Å². The summed E-state index contributed by atoms with van der Waals surface area (Å²) in [5.41, 5.74) is 3.80. The molecule has 1 aliphatic heterocycles. The van der Waals surface area contributed by atoms with Crippen LogP contribution in [0.25, 0.3) is 10.9 Å². The van der Waals surface area contributed by atoms with Gasteiger partial charge in [0.25, 0.3) is 0 Å². The molecule has 3 heteroatoms. The van der Waals surface area contributed by atoms with Gasteiger partial charge in [-0.2, -0.15) is 5.10 Å². The monoisotopic (exact) mass is 283 g/mol. The summed E-state index contributed by atoms with van der Waals surface area (Å²) in [4.78, 5) is 3.41. The van der Waals surface area contributed by atoms with Gasteiger partial charge in [-0.25, -0.2) is 0 Å². The third-order valence-corrected chi connectivity index (χ3v) is 4.69. The van der Waals surface area contributed by atoms with Gasteiger partial charge >= 0.3 is 0 Å². The number of aromatic nitrogens is 1. The van der Waals surface area contributed by atoms with Crippen LogP contribution in [-0.2, 0) is 6.42 Å². The topological polar surface area (TPSA) is 31.4 Å². The van der Waals surface area contributed by atoms with Crippen LogP contribution in [-0.4, -0.2) is 28.3 Å². The summed E-state index contributed by atoms with van der Waals surface area (Å²) in [6.45, 7) is 6.75. The molecule has 3 nitrogen and oxygen atoms in total. The molecular formula is C18H25N3. The SMILES string of the molecule is CCc1cccc2c(/C=N/N3[C@H](C)CCC[C@@H]3C)c[nH]c12. The second kappa shape index (κ2) is 5.92. The number of hydrogen-bond acceptors (Lipinski definition) is 2. The van der Waals surface area contributed by atoms with E-state index in [-0.39, 0.29) is 0 Å². The molecular weight excluding hydrogens is 258 g/mol. The average Bonchev–Trinajstić information content (AvgIpc) is 2.90. The second-order valence-corrected chi connectivity index (χ2v) is 6.19. The smallest absolute Gasteiger partial charge is 0.0564 e. The van der Waals surface area contributed by atoms with Crippen LogP contribution in [0.5, 0.6) is 0 Å². The van der Waals surface area contributed by atoms with Crippen molar-refractivity contribution in [2.45, 2.75) is 58.5 Å². The molecule has 1 N–H and O–H groups in total. The predicted molar refractivity (Wildman–Crippen MR) is 89.9 cm³/mol. The molecule has 0 amide bonds. The normalized spacial score (nSPS) is 23.3. The average molecular weight is 283 g/mol. The van der Waals surface area contributed by atoms with E-state index in [0.717, 1.165) is 6.42 Å². The van der Waals surface area contributed by atoms with Crippen molar-refractivity contribution in [3.63, 3.8) is 0 Å². The van der Waals surface area contributed by atoms with Crippen molar-refractivity contribution in [3.05, 3.63) is 35.5 Å². The van der Waals surface area contributed by atoms with E-state index in [2.05, 4.69) is 55.2 Å². The number of hydrazone groups is 1. The van der Waals surface area contributed by atoms with Crippen LogP contribution in [0.15, 0.2) is 29.5 Å². The molecule has 0 unspecified atom stereocenters. The van der Waals surface area contributed by atoms with Crippen molar-refractivity contribution in [2.75, 3.05) is 0 Å². The Hall–Kier alpha value is -1.77. The van der Waals surface area contributed by atoms with Crippen LogP contribution in [0.1, 0.15) is 51.2 Å². The Morgan fingerprint density at radius 2 is 2.05 bits per heavy atom. The van der Waals surface area contributed by atoms with Crippen molar-refractivity contribution in [2.24, 2.45) is 5.10 Å². The number of piperidine rings is 1. The minimum absolute atomic E-state index is 0.543. The highest BCUT2D eigenvalue weighted by atomic mass is 15.5.